The van der Waals surface area contributed by atoms with Crippen molar-refractivity contribution in [3.63, 3.8) is 0 Å². The lowest BCUT2D eigenvalue weighted by molar-refractivity contribution is -0.384. The number of benzene rings is 1. The van der Waals surface area contributed by atoms with Crippen LogP contribution in [0.25, 0.3) is 0 Å². The van der Waals surface area contributed by atoms with Gasteiger partial charge in [-0.3, -0.25) is 14.9 Å². The lowest BCUT2D eigenvalue weighted by Crippen LogP contribution is -2.57. The molecule has 1 aliphatic heterocycles. The molecule has 1 saturated heterocycles. The summed E-state index contributed by atoms with van der Waals surface area (Å²) < 4.78 is 0.454. The van der Waals surface area contributed by atoms with Gasteiger partial charge in [0.2, 0.25) is 0 Å². The zero-order valence-electron chi connectivity index (χ0n) is 11.7. The summed E-state index contributed by atoms with van der Waals surface area (Å²) in [6, 6.07) is 4.53. The molecular formula is C13H17BrClN3O3. The summed E-state index contributed by atoms with van der Waals surface area (Å²) in [4.78, 5) is 24.6. The van der Waals surface area contributed by atoms with Gasteiger partial charge in [-0.05, 0) is 35.8 Å². The molecule has 8 heteroatoms. The molecule has 1 amide bonds. The molecular weight excluding hydrogens is 362 g/mol. The predicted octanol–water partition coefficient (Wildman–Crippen LogP) is 2.60. The van der Waals surface area contributed by atoms with Crippen LogP contribution in [0.2, 0.25) is 0 Å². The van der Waals surface area contributed by atoms with E-state index in [1.165, 1.54) is 18.2 Å². The van der Waals surface area contributed by atoms with Crippen LogP contribution in [-0.2, 0) is 0 Å². The number of nitro groups is 1. The molecule has 2 unspecified atom stereocenters. The van der Waals surface area contributed by atoms with Crippen molar-refractivity contribution < 1.29 is 9.72 Å². The maximum atomic E-state index is 12.6. The van der Waals surface area contributed by atoms with Crippen LogP contribution in [0.1, 0.15) is 24.2 Å². The van der Waals surface area contributed by atoms with E-state index < -0.39 is 4.92 Å². The monoisotopic (exact) mass is 377 g/mol. The van der Waals surface area contributed by atoms with Gasteiger partial charge in [0.25, 0.3) is 11.6 Å². The number of nitrogens with one attached hydrogen (secondary N) is 1. The SMILES string of the molecule is CC1NCCN(C(=O)c2ccc([N+](=O)[O-])cc2Br)C1C.Cl. The lowest BCUT2D eigenvalue weighted by atomic mass is 10.1. The van der Waals surface area contributed by atoms with Crippen molar-refractivity contribution in [2.45, 2.75) is 25.9 Å². The Balaban J connectivity index is 0.00000220. The zero-order valence-corrected chi connectivity index (χ0v) is 14.1. The number of halogens is 2. The van der Waals surface area contributed by atoms with E-state index in [0.29, 0.717) is 16.6 Å². The molecule has 1 N–H and O–H groups in total. The van der Waals surface area contributed by atoms with Gasteiger partial charge >= 0.3 is 0 Å². The average molecular weight is 379 g/mol. The molecule has 21 heavy (non-hydrogen) atoms. The first-order valence-electron chi connectivity index (χ1n) is 6.40. The van der Waals surface area contributed by atoms with Crippen LogP contribution in [0, 0.1) is 10.1 Å². The summed E-state index contributed by atoms with van der Waals surface area (Å²) in [7, 11) is 0. The molecule has 116 valence electrons. The molecule has 0 radical (unpaired) electrons. The Morgan fingerprint density at radius 3 is 2.71 bits per heavy atom. The number of rotatable bonds is 2. The highest BCUT2D eigenvalue weighted by Crippen LogP contribution is 2.25. The number of piperazine rings is 1. The topological polar surface area (TPSA) is 75.5 Å². The standard InChI is InChI=1S/C13H16BrN3O3.ClH/c1-8-9(2)16(6-5-15-8)13(18)11-4-3-10(17(19)20)7-12(11)14;/h3-4,7-9,15H,5-6H2,1-2H3;1H. The van der Waals surface area contributed by atoms with Crippen molar-refractivity contribution in [2.24, 2.45) is 0 Å². The van der Waals surface area contributed by atoms with E-state index in [4.69, 9.17) is 0 Å². The fraction of sp³-hybridized carbons (Fsp3) is 0.462. The molecule has 2 rings (SSSR count). The Morgan fingerprint density at radius 2 is 2.14 bits per heavy atom. The van der Waals surface area contributed by atoms with Crippen molar-refractivity contribution >= 4 is 39.9 Å². The third-order valence-corrected chi connectivity index (χ3v) is 4.35. The largest absolute Gasteiger partial charge is 0.333 e. The summed E-state index contributed by atoms with van der Waals surface area (Å²) in [5.74, 6) is -0.104. The first-order valence-corrected chi connectivity index (χ1v) is 7.19. The van der Waals surface area contributed by atoms with Crippen LogP contribution in [0.4, 0.5) is 5.69 Å². The van der Waals surface area contributed by atoms with E-state index >= 15 is 0 Å². The van der Waals surface area contributed by atoms with Crippen molar-refractivity contribution in [2.75, 3.05) is 13.1 Å². The molecule has 1 heterocycles. The van der Waals surface area contributed by atoms with Crippen molar-refractivity contribution in [1.29, 1.82) is 0 Å². The molecule has 0 saturated carbocycles. The number of non-ortho nitro benzene ring substituents is 1. The fourth-order valence-corrected chi connectivity index (χ4v) is 2.83. The lowest BCUT2D eigenvalue weighted by Gasteiger charge is -2.38. The van der Waals surface area contributed by atoms with Crippen LogP contribution in [0.5, 0.6) is 0 Å². The van der Waals surface area contributed by atoms with Gasteiger partial charge in [-0.2, -0.15) is 0 Å². The molecule has 1 fully saturated rings. The van der Waals surface area contributed by atoms with Crippen LogP contribution in [0.3, 0.4) is 0 Å². The minimum atomic E-state index is -0.478. The molecule has 1 aromatic carbocycles. The second-order valence-electron chi connectivity index (χ2n) is 4.90. The minimum absolute atomic E-state index is 0. The quantitative estimate of drug-likeness (QED) is 0.634. The van der Waals surface area contributed by atoms with E-state index in [1.54, 1.807) is 4.90 Å². The van der Waals surface area contributed by atoms with E-state index in [1.807, 2.05) is 13.8 Å². The molecule has 1 aromatic rings. The average Bonchev–Trinajstić information content (AvgIpc) is 2.41. The van der Waals surface area contributed by atoms with Gasteiger partial charge in [0.05, 0.1) is 10.5 Å². The molecule has 1 aliphatic rings. The fourth-order valence-electron chi connectivity index (χ4n) is 2.29. The summed E-state index contributed by atoms with van der Waals surface area (Å²) in [6.07, 6.45) is 0. The molecule has 0 aliphatic carbocycles. The first kappa shape index (κ1) is 17.9. The highest BCUT2D eigenvalue weighted by Gasteiger charge is 2.29. The summed E-state index contributed by atoms with van der Waals surface area (Å²) >= 11 is 3.25. The number of hydrogen-bond donors (Lipinski definition) is 1. The van der Waals surface area contributed by atoms with Gasteiger partial charge in [-0.25, -0.2) is 0 Å². The van der Waals surface area contributed by atoms with Gasteiger partial charge in [-0.15, -0.1) is 12.4 Å². The normalized spacial score (nSPS) is 21.6. The number of carbonyl (C=O) groups excluding carboxylic acids is 1. The number of carbonyl (C=O) groups is 1. The molecule has 0 spiro atoms. The van der Waals surface area contributed by atoms with Gasteiger partial charge < -0.3 is 10.2 Å². The van der Waals surface area contributed by atoms with E-state index in [2.05, 4.69) is 21.2 Å². The van der Waals surface area contributed by atoms with E-state index in [-0.39, 0.29) is 36.1 Å². The molecule has 0 bridgehead atoms. The molecule has 6 nitrogen and oxygen atoms in total. The Hall–Kier alpha value is -1.18. The summed E-state index contributed by atoms with van der Waals surface area (Å²) in [5, 5.41) is 14.0. The number of nitro benzene ring substituents is 1. The predicted molar refractivity (Wildman–Crippen MR) is 86.0 cm³/mol. The maximum Gasteiger partial charge on any atom is 0.270 e. The summed E-state index contributed by atoms with van der Waals surface area (Å²) in [5.41, 5.74) is 0.423. The van der Waals surface area contributed by atoms with Crippen molar-refractivity contribution in [3.05, 3.63) is 38.3 Å². The van der Waals surface area contributed by atoms with Crippen LogP contribution in [0.15, 0.2) is 22.7 Å². The second-order valence-corrected chi connectivity index (χ2v) is 5.76. The highest BCUT2D eigenvalue weighted by atomic mass is 79.9. The first-order chi connectivity index (χ1) is 9.41. The van der Waals surface area contributed by atoms with E-state index in [9.17, 15) is 14.9 Å². The molecule has 2 atom stereocenters. The van der Waals surface area contributed by atoms with Crippen molar-refractivity contribution in [3.8, 4) is 0 Å². The van der Waals surface area contributed by atoms with Gasteiger partial charge in [0, 0.05) is 41.8 Å². The van der Waals surface area contributed by atoms with Gasteiger partial charge in [0.15, 0.2) is 0 Å². The minimum Gasteiger partial charge on any atom is -0.333 e. The third-order valence-electron chi connectivity index (χ3n) is 3.69. The summed E-state index contributed by atoms with van der Waals surface area (Å²) in [6.45, 7) is 5.42. The Kier molecular flexibility index (Phi) is 6.12. The second kappa shape index (κ2) is 7.20. The Labute approximate surface area is 137 Å². The van der Waals surface area contributed by atoms with Crippen molar-refractivity contribution in [1.82, 2.24) is 10.2 Å². The Bertz CT molecular complexity index is 555. The van der Waals surface area contributed by atoms with Crippen LogP contribution < -0.4 is 5.32 Å². The maximum absolute atomic E-state index is 12.6. The van der Waals surface area contributed by atoms with Crippen LogP contribution in [-0.4, -0.2) is 40.9 Å². The van der Waals surface area contributed by atoms with Crippen LogP contribution >= 0.6 is 28.3 Å². The van der Waals surface area contributed by atoms with Gasteiger partial charge in [-0.1, -0.05) is 0 Å². The highest BCUT2D eigenvalue weighted by molar-refractivity contribution is 9.10. The number of hydrogen-bond acceptors (Lipinski definition) is 4. The Morgan fingerprint density at radius 1 is 1.48 bits per heavy atom. The van der Waals surface area contributed by atoms with E-state index in [0.717, 1.165) is 6.54 Å². The zero-order chi connectivity index (χ0) is 14.9. The number of amides is 1. The smallest absolute Gasteiger partial charge is 0.270 e. The number of nitrogens with zero attached hydrogens (tertiary/aromatic N) is 2. The molecule has 0 aromatic heterocycles. The van der Waals surface area contributed by atoms with Gasteiger partial charge in [0.1, 0.15) is 0 Å². The third kappa shape index (κ3) is 3.72.